The molecule has 0 rings (SSSR count). The third kappa shape index (κ3) is 6.19. The standard InChI is InChI=1S/C6H14F2N2O3S/c1-2-3-9-14(12,13)10-4-6(7,8)5-11/h9-11H,2-5H2,1H3. The summed E-state index contributed by atoms with van der Waals surface area (Å²) in [5, 5.41) is 8.16. The van der Waals surface area contributed by atoms with Gasteiger partial charge in [-0.15, -0.1) is 0 Å². The van der Waals surface area contributed by atoms with Crippen LogP contribution in [0.15, 0.2) is 0 Å². The molecule has 86 valence electrons. The molecule has 0 aromatic carbocycles. The Hall–Kier alpha value is -0.310. The maximum absolute atomic E-state index is 12.4. The molecule has 5 nitrogen and oxygen atoms in total. The Balaban J connectivity index is 4.00. The SMILES string of the molecule is CCCNS(=O)(=O)NCC(F)(F)CO. The van der Waals surface area contributed by atoms with E-state index in [-0.39, 0.29) is 6.54 Å². The zero-order valence-electron chi connectivity index (χ0n) is 7.76. The van der Waals surface area contributed by atoms with Gasteiger partial charge in [0.15, 0.2) is 0 Å². The number of rotatable bonds is 7. The van der Waals surface area contributed by atoms with Gasteiger partial charge >= 0.3 is 0 Å². The molecule has 0 spiro atoms. The summed E-state index contributed by atoms with van der Waals surface area (Å²) >= 11 is 0. The van der Waals surface area contributed by atoms with Crippen molar-refractivity contribution in [3.8, 4) is 0 Å². The molecular weight excluding hydrogens is 218 g/mol. The van der Waals surface area contributed by atoms with E-state index in [2.05, 4.69) is 4.72 Å². The highest BCUT2D eigenvalue weighted by Crippen LogP contribution is 2.09. The topological polar surface area (TPSA) is 78.4 Å². The lowest BCUT2D eigenvalue weighted by Gasteiger charge is -2.14. The first kappa shape index (κ1) is 13.7. The van der Waals surface area contributed by atoms with Crippen LogP contribution in [0, 0.1) is 0 Å². The highest BCUT2D eigenvalue weighted by molar-refractivity contribution is 7.87. The summed E-state index contributed by atoms with van der Waals surface area (Å²) in [5.74, 6) is -3.43. The van der Waals surface area contributed by atoms with E-state index in [0.29, 0.717) is 6.42 Å². The number of hydrogen-bond acceptors (Lipinski definition) is 3. The van der Waals surface area contributed by atoms with E-state index in [9.17, 15) is 17.2 Å². The van der Waals surface area contributed by atoms with Gasteiger partial charge in [0.25, 0.3) is 16.1 Å². The van der Waals surface area contributed by atoms with Crippen molar-refractivity contribution in [1.29, 1.82) is 0 Å². The summed E-state index contributed by atoms with van der Waals surface area (Å²) < 4.78 is 50.3. The first-order chi connectivity index (χ1) is 6.33. The average molecular weight is 232 g/mol. The summed E-state index contributed by atoms with van der Waals surface area (Å²) in [4.78, 5) is 0. The first-order valence-electron chi connectivity index (χ1n) is 4.06. The molecule has 0 unspecified atom stereocenters. The van der Waals surface area contributed by atoms with Crippen molar-refractivity contribution in [3.05, 3.63) is 0 Å². The van der Waals surface area contributed by atoms with Crippen LogP contribution in [0.4, 0.5) is 8.78 Å². The molecule has 0 aromatic rings. The highest BCUT2D eigenvalue weighted by atomic mass is 32.2. The Labute approximate surface area is 81.7 Å². The minimum atomic E-state index is -3.88. The summed E-state index contributed by atoms with van der Waals surface area (Å²) in [7, 11) is -3.88. The van der Waals surface area contributed by atoms with Gasteiger partial charge in [-0.05, 0) is 6.42 Å². The molecule has 0 aliphatic carbocycles. The molecule has 0 radical (unpaired) electrons. The van der Waals surface area contributed by atoms with Crippen LogP contribution in [0.3, 0.4) is 0 Å². The number of aliphatic hydroxyl groups excluding tert-OH is 1. The number of aliphatic hydroxyl groups is 1. The third-order valence-corrected chi connectivity index (χ3v) is 2.40. The summed E-state index contributed by atoms with van der Waals surface area (Å²) in [5.41, 5.74) is 0. The minimum Gasteiger partial charge on any atom is -0.390 e. The fourth-order valence-corrected chi connectivity index (χ4v) is 1.52. The smallest absolute Gasteiger partial charge is 0.283 e. The van der Waals surface area contributed by atoms with Gasteiger partial charge in [0, 0.05) is 6.54 Å². The Bertz CT molecular complexity index is 256. The molecule has 0 aliphatic rings. The molecule has 0 heterocycles. The van der Waals surface area contributed by atoms with Crippen LogP contribution in [-0.4, -0.2) is 39.1 Å². The fourth-order valence-electron chi connectivity index (χ4n) is 0.544. The van der Waals surface area contributed by atoms with Gasteiger partial charge in [-0.3, -0.25) is 0 Å². The van der Waals surface area contributed by atoms with Crippen LogP contribution in [0.1, 0.15) is 13.3 Å². The molecule has 0 aromatic heterocycles. The van der Waals surface area contributed by atoms with Gasteiger partial charge in [0.2, 0.25) is 0 Å². The van der Waals surface area contributed by atoms with E-state index in [4.69, 9.17) is 5.11 Å². The first-order valence-corrected chi connectivity index (χ1v) is 5.54. The second-order valence-electron chi connectivity index (χ2n) is 2.73. The Morgan fingerprint density at radius 2 is 1.93 bits per heavy atom. The van der Waals surface area contributed by atoms with E-state index in [1.165, 1.54) is 0 Å². The van der Waals surface area contributed by atoms with Gasteiger partial charge in [0.05, 0.1) is 6.54 Å². The van der Waals surface area contributed by atoms with Crippen LogP contribution >= 0.6 is 0 Å². The lowest BCUT2D eigenvalue weighted by Crippen LogP contribution is -2.44. The monoisotopic (exact) mass is 232 g/mol. The molecule has 0 fully saturated rings. The normalized spacial score (nSPS) is 13.1. The number of halogens is 2. The third-order valence-electron chi connectivity index (χ3n) is 1.29. The van der Waals surface area contributed by atoms with Gasteiger partial charge in [0.1, 0.15) is 6.61 Å². The lowest BCUT2D eigenvalue weighted by atomic mass is 10.4. The molecule has 0 bridgehead atoms. The molecular formula is C6H14F2N2O3S. The maximum atomic E-state index is 12.4. The quantitative estimate of drug-likeness (QED) is 0.551. The van der Waals surface area contributed by atoms with Crippen molar-refractivity contribution >= 4 is 10.2 Å². The molecule has 0 saturated carbocycles. The molecule has 0 saturated heterocycles. The predicted molar refractivity (Wildman–Crippen MR) is 47.2 cm³/mol. The molecule has 0 amide bonds. The summed E-state index contributed by atoms with van der Waals surface area (Å²) in [6.45, 7) is -0.573. The Morgan fingerprint density at radius 1 is 1.36 bits per heavy atom. The fraction of sp³-hybridized carbons (Fsp3) is 1.00. The zero-order chi connectivity index (χ0) is 11.2. The van der Waals surface area contributed by atoms with E-state index in [0.717, 1.165) is 0 Å². The highest BCUT2D eigenvalue weighted by Gasteiger charge is 2.29. The van der Waals surface area contributed by atoms with E-state index < -0.39 is 29.3 Å². The van der Waals surface area contributed by atoms with Crippen molar-refractivity contribution < 1.29 is 22.3 Å². The molecule has 0 atom stereocenters. The summed E-state index contributed by atoms with van der Waals surface area (Å²) in [6.07, 6.45) is 0.567. The van der Waals surface area contributed by atoms with Crippen LogP contribution in [0.25, 0.3) is 0 Å². The van der Waals surface area contributed by atoms with Gasteiger partial charge < -0.3 is 5.11 Å². The molecule has 8 heteroatoms. The zero-order valence-corrected chi connectivity index (χ0v) is 8.57. The molecule has 14 heavy (non-hydrogen) atoms. The van der Waals surface area contributed by atoms with Crippen molar-refractivity contribution in [3.63, 3.8) is 0 Å². The van der Waals surface area contributed by atoms with E-state index in [1.54, 1.807) is 11.6 Å². The van der Waals surface area contributed by atoms with Crippen molar-refractivity contribution in [2.75, 3.05) is 19.7 Å². The van der Waals surface area contributed by atoms with Crippen molar-refractivity contribution in [2.24, 2.45) is 0 Å². The average Bonchev–Trinajstić information content (AvgIpc) is 2.12. The predicted octanol–water partition coefficient (Wildman–Crippen LogP) is -0.552. The number of alkyl halides is 2. The van der Waals surface area contributed by atoms with Gasteiger partial charge in [-0.1, -0.05) is 6.92 Å². The lowest BCUT2D eigenvalue weighted by molar-refractivity contribution is -0.0437. The molecule has 0 aliphatic heterocycles. The molecule has 3 N–H and O–H groups in total. The van der Waals surface area contributed by atoms with Gasteiger partial charge in [-0.2, -0.15) is 13.1 Å². The van der Waals surface area contributed by atoms with Gasteiger partial charge in [-0.25, -0.2) is 13.5 Å². The van der Waals surface area contributed by atoms with Crippen LogP contribution in [-0.2, 0) is 10.2 Å². The number of hydrogen-bond donors (Lipinski definition) is 3. The largest absolute Gasteiger partial charge is 0.390 e. The van der Waals surface area contributed by atoms with Crippen LogP contribution in [0.2, 0.25) is 0 Å². The second-order valence-corrected chi connectivity index (χ2v) is 4.32. The Kier molecular flexibility index (Phi) is 5.42. The van der Waals surface area contributed by atoms with E-state index in [1.807, 2.05) is 0 Å². The van der Waals surface area contributed by atoms with E-state index >= 15 is 0 Å². The second kappa shape index (κ2) is 5.54. The summed E-state index contributed by atoms with van der Waals surface area (Å²) in [6, 6.07) is 0. The van der Waals surface area contributed by atoms with Crippen LogP contribution < -0.4 is 9.44 Å². The maximum Gasteiger partial charge on any atom is 0.283 e. The Morgan fingerprint density at radius 3 is 2.36 bits per heavy atom. The van der Waals surface area contributed by atoms with Crippen molar-refractivity contribution in [1.82, 2.24) is 9.44 Å². The van der Waals surface area contributed by atoms with Crippen LogP contribution in [0.5, 0.6) is 0 Å². The minimum absolute atomic E-state index is 0.181. The number of nitrogens with one attached hydrogen (secondary N) is 2. The van der Waals surface area contributed by atoms with Crippen molar-refractivity contribution in [2.45, 2.75) is 19.3 Å².